The summed E-state index contributed by atoms with van der Waals surface area (Å²) in [7, 11) is 0. The van der Waals surface area contributed by atoms with Crippen molar-refractivity contribution < 1.29 is 9.90 Å². The van der Waals surface area contributed by atoms with Crippen LogP contribution in [0, 0.1) is 17.3 Å². The third-order valence-corrected chi connectivity index (χ3v) is 2.43. The third kappa shape index (κ3) is 0.753. The summed E-state index contributed by atoms with van der Waals surface area (Å²) in [6.45, 7) is 7.50. The van der Waals surface area contributed by atoms with Gasteiger partial charge in [-0.3, -0.25) is 4.79 Å². The van der Waals surface area contributed by atoms with Crippen LogP contribution in [0.3, 0.4) is 0 Å². The topological polar surface area (TPSA) is 37.3 Å². The maximum absolute atomic E-state index is 10.5. The van der Waals surface area contributed by atoms with Crippen molar-refractivity contribution in [2.24, 2.45) is 17.3 Å². The minimum Gasteiger partial charge on any atom is -0.481 e. The molecule has 1 N–H and O–H groups in total. The Hall–Kier alpha value is -0.790. The van der Waals surface area contributed by atoms with Crippen molar-refractivity contribution in [2.45, 2.75) is 13.8 Å². The molecule has 0 aromatic carbocycles. The smallest absolute Gasteiger partial charge is 0.307 e. The molecule has 0 aliphatic heterocycles. The number of allylic oxidation sites excluding steroid dienone is 1. The average molecular weight is 140 g/mol. The minimum absolute atomic E-state index is 0.0619. The van der Waals surface area contributed by atoms with Crippen molar-refractivity contribution in [2.75, 3.05) is 0 Å². The van der Waals surface area contributed by atoms with Crippen LogP contribution < -0.4 is 0 Å². The Morgan fingerprint density at radius 1 is 1.70 bits per heavy atom. The van der Waals surface area contributed by atoms with Crippen LogP contribution in [-0.4, -0.2) is 11.1 Å². The minimum atomic E-state index is -0.699. The van der Waals surface area contributed by atoms with Crippen LogP contribution in [0.25, 0.3) is 0 Å². The second kappa shape index (κ2) is 1.84. The SMILES string of the molecule is C=C[C@H]1[C@H](C(=O)O)C1(C)C. The summed E-state index contributed by atoms with van der Waals surface area (Å²) in [5, 5.41) is 8.64. The molecule has 0 bridgehead atoms. The van der Waals surface area contributed by atoms with Gasteiger partial charge in [-0.1, -0.05) is 19.9 Å². The molecule has 0 aromatic rings. The molecule has 0 unspecified atom stereocenters. The Morgan fingerprint density at radius 2 is 2.20 bits per heavy atom. The quantitative estimate of drug-likeness (QED) is 0.590. The van der Waals surface area contributed by atoms with Crippen molar-refractivity contribution in [1.82, 2.24) is 0 Å². The van der Waals surface area contributed by atoms with E-state index in [1.165, 1.54) is 0 Å². The molecular formula is C8H12O2. The molecule has 2 heteroatoms. The van der Waals surface area contributed by atoms with Crippen molar-refractivity contribution in [1.29, 1.82) is 0 Å². The van der Waals surface area contributed by atoms with E-state index in [1.807, 2.05) is 13.8 Å². The first-order chi connectivity index (χ1) is 4.51. The molecule has 56 valence electrons. The molecular weight excluding hydrogens is 128 g/mol. The van der Waals surface area contributed by atoms with Gasteiger partial charge in [0.2, 0.25) is 0 Å². The fourth-order valence-corrected chi connectivity index (χ4v) is 1.59. The van der Waals surface area contributed by atoms with E-state index in [4.69, 9.17) is 5.11 Å². The monoisotopic (exact) mass is 140 g/mol. The van der Waals surface area contributed by atoms with E-state index >= 15 is 0 Å². The van der Waals surface area contributed by atoms with E-state index in [-0.39, 0.29) is 17.3 Å². The highest BCUT2D eigenvalue weighted by Crippen LogP contribution is 2.58. The summed E-state index contributed by atoms with van der Waals surface area (Å²) >= 11 is 0. The molecule has 0 spiro atoms. The molecule has 1 fully saturated rings. The lowest BCUT2D eigenvalue weighted by Crippen LogP contribution is -2.02. The van der Waals surface area contributed by atoms with Crippen molar-refractivity contribution >= 4 is 5.97 Å². The van der Waals surface area contributed by atoms with E-state index in [0.29, 0.717) is 0 Å². The first kappa shape index (κ1) is 7.32. The van der Waals surface area contributed by atoms with Gasteiger partial charge in [-0.15, -0.1) is 6.58 Å². The van der Waals surface area contributed by atoms with Crippen LogP contribution >= 0.6 is 0 Å². The van der Waals surface area contributed by atoms with Gasteiger partial charge >= 0.3 is 5.97 Å². The lowest BCUT2D eigenvalue weighted by atomic mass is 10.1. The molecule has 1 aliphatic rings. The number of rotatable bonds is 2. The molecule has 2 atom stereocenters. The highest BCUT2D eigenvalue weighted by Gasteiger charge is 2.60. The Morgan fingerprint density at radius 3 is 2.30 bits per heavy atom. The maximum Gasteiger partial charge on any atom is 0.307 e. The van der Waals surface area contributed by atoms with E-state index in [0.717, 1.165) is 0 Å². The highest BCUT2D eigenvalue weighted by molar-refractivity contribution is 5.76. The predicted molar refractivity (Wildman–Crippen MR) is 38.6 cm³/mol. The number of aliphatic carboxylic acids is 1. The fourth-order valence-electron chi connectivity index (χ4n) is 1.59. The lowest BCUT2D eigenvalue weighted by Gasteiger charge is -1.95. The molecule has 1 saturated carbocycles. The first-order valence-corrected chi connectivity index (χ1v) is 3.37. The Labute approximate surface area is 60.6 Å². The third-order valence-electron chi connectivity index (χ3n) is 2.43. The predicted octanol–water partition coefficient (Wildman–Crippen LogP) is 1.53. The number of carboxylic acids is 1. The van der Waals surface area contributed by atoms with Gasteiger partial charge in [-0.2, -0.15) is 0 Å². The molecule has 10 heavy (non-hydrogen) atoms. The van der Waals surface area contributed by atoms with Gasteiger partial charge < -0.3 is 5.11 Å². The molecule has 0 radical (unpaired) electrons. The average Bonchev–Trinajstić information content (AvgIpc) is 2.33. The molecule has 1 rings (SSSR count). The normalized spacial score (nSPS) is 35.0. The maximum atomic E-state index is 10.5. The Kier molecular flexibility index (Phi) is 1.35. The highest BCUT2D eigenvalue weighted by atomic mass is 16.4. The van der Waals surface area contributed by atoms with Crippen LogP contribution in [0.4, 0.5) is 0 Å². The fraction of sp³-hybridized carbons (Fsp3) is 0.625. The van der Waals surface area contributed by atoms with Crippen LogP contribution in [-0.2, 0) is 4.79 Å². The summed E-state index contributed by atoms with van der Waals surface area (Å²) in [6.07, 6.45) is 1.73. The van der Waals surface area contributed by atoms with Gasteiger partial charge in [-0.05, 0) is 11.3 Å². The van der Waals surface area contributed by atoms with Gasteiger partial charge in [0.05, 0.1) is 5.92 Å². The van der Waals surface area contributed by atoms with E-state index in [9.17, 15) is 4.79 Å². The summed E-state index contributed by atoms with van der Waals surface area (Å²) in [4.78, 5) is 10.5. The standard InChI is InChI=1S/C8H12O2/c1-4-5-6(7(9)10)8(5,2)3/h4-6H,1H2,2-3H3,(H,9,10)/t5-,6+/m0/s1. The number of carboxylic acid groups (broad SMARTS) is 1. The van der Waals surface area contributed by atoms with Crippen LogP contribution in [0.1, 0.15) is 13.8 Å². The van der Waals surface area contributed by atoms with Crippen molar-refractivity contribution in [3.05, 3.63) is 12.7 Å². The zero-order valence-corrected chi connectivity index (χ0v) is 6.29. The van der Waals surface area contributed by atoms with Gasteiger partial charge in [0.1, 0.15) is 0 Å². The summed E-state index contributed by atoms with van der Waals surface area (Å²) in [5.41, 5.74) is -0.0619. The summed E-state index contributed by atoms with van der Waals surface area (Å²) < 4.78 is 0. The second-order valence-electron chi connectivity index (χ2n) is 3.40. The number of hydrogen-bond acceptors (Lipinski definition) is 1. The van der Waals surface area contributed by atoms with Crippen LogP contribution in [0.5, 0.6) is 0 Å². The summed E-state index contributed by atoms with van der Waals surface area (Å²) in [6, 6.07) is 0. The van der Waals surface area contributed by atoms with Crippen molar-refractivity contribution in [3.8, 4) is 0 Å². The zero-order chi connectivity index (χ0) is 7.94. The van der Waals surface area contributed by atoms with Crippen LogP contribution in [0.2, 0.25) is 0 Å². The van der Waals surface area contributed by atoms with Gasteiger partial charge in [0, 0.05) is 0 Å². The second-order valence-corrected chi connectivity index (χ2v) is 3.40. The Balaban J connectivity index is 2.70. The first-order valence-electron chi connectivity index (χ1n) is 3.37. The van der Waals surface area contributed by atoms with Gasteiger partial charge in [0.15, 0.2) is 0 Å². The molecule has 2 nitrogen and oxygen atoms in total. The number of carbonyl (C=O) groups is 1. The largest absolute Gasteiger partial charge is 0.481 e. The van der Waals surface area contributed by atoms with Crippen molar-refractivity contribution in [3.63, 3.8) is 0 Å². The Bertz CT molecular complexity index is 182. The van der Waals surface area contributed by atoms with E-state index < -0.39 is 5.97 Å². The van der Waals surface area contributed by atoms with E-state index in [2.05, 4.69) is 6.58 Å². The number of hydrogen-bond donors (Lipinski definition) is 1. The molecule has 0 saturated heterocycles. The molecule has 0 heterocycles. The lowest BCUT2D eigenvalue weighted by molar-refractivity contribution is -0.139. The summed E-state index contributed by atoms with van der Waals surface area (Å²) in [5.74, 6) is -0.732. The van der Waals surface area contributed by atoms with Gasteiger partial charge in [0.25, 0.3) is 0 Å². The molecule has 0 aromatic heterocycles. The molecule has 1 aliphatic carbocycles. The van der Waals surface area contributed by atoms with E-state index in [1.54, 1.807) is 6.08 Å². The zero-order valence-electron chi connectivity index (χ0n) is 6.29. The van der Waals surface area contributed by atoms with Crippen LogP contribution in [0.15, 0.2) is 12.7 Å². The van der Waals surface area contributed by atoms with Gasteiger partial charge in [-0.25, -0.2) is 0 Å². The molecule has 0 amide bonds.